The van der Waals surface area contributed by atoms with Gasteiger partial charge in [-0.3, -0.25) is 4.79 Å². The van der Waals surface area contributed by atoms with E-state index < -0.39 is 0 Å². The number of carbonyl (C=O) groups excluding carboxylic acids is 1. The van der Waals surface area contributed by atoms with E-state index in [1.54, 1.807) is 11.3 Å². The number of thiophene rings is 1. The third-order valence-electron chi connectivity index (χ3n) is 3.67. The van der Waals surface area contributed by atoms with Gasteiger partial charge in [-0.25, -0.2) is 0 Å². The molecule has 2 aliphatic heterocycles. The zero-order valence-electron chi connectivity index (χ0n) is 9.19. The Morgan fingerprint density at radius 3 is 3.25 bits per heavy atom. The van der Waals surface area contributed by atoms with Gasteiger partial charge in [0.15, 0.2) is 0 Å². The summed E-state index contributed by atoms with van der Waals surface area (Å²) in [6, 6.07) is 4.31. The quantitative estimate of drug-likeness (QED) is 0.803. The average Bonchev–Trinajstić information content (AvgIpc) is 2.98. The van der Waals surface area contributed by atoms with Gasteiger partial charge in [0.25, 0.3) is 5.91 Å². The molecule has 1 N–H and O–H groups in total. The van der Waals surface area contributed by atoms with Crippen molar-refractivity contribution in [3.63, 3.8) is 0 Å². The van der Waals surface area contributed by atoms with Gasteiger partial charge in [0.2, 0.25) is 0 Å². The van der Waals surface area contributed by atoms with Crippen LogP contribution in [0.5, 0.6) is 0 Å². The van der Waals surface area contributed by atoms with Crippen LogP contribution in [0.25, 0.3) is 0 Å². The number of hydrogen-bond acceptors (Lipinski definition) is 3. The summed E-state index contributed by atoms with van der Waals surface area (Å²) in [5.74, 6) is 0.908. The molecular formula is C12H16N2OS. The number of amides is 1. The van der Waals surface area contributed by atoms with Gasteiger partial charge < -0.3 is 10.2 Å². The molecule has 2 unspecified atom stereocenters. The molecular weight excluding hydrogens is 220 g/mol. The highest BCUT2D eigenvalue weighted by molar-refractivity contribution is 7.12. The second-order valence-electron chi connectivity index (χ2n) is 4.60. The molecule has 0 aromatic carbocycles. The van der Waals surface area contributed by atoms with Crippen LogP contribution < -0.4 is 5.32 Å². The molecule has 1 aromatic heterocycles. The fraction of sp³-hybridized carbons (Fsp3) is 0.583. The number of nitrogens with zero attached hydrogens (tertiary/aromatic N) is 1. The Balaban J connectivity index is 1.80. The van der Waals surface area contributed by atoms with E-state index in [2.05, 4.69) is 10.2 Å². The lowest BCUT2D eigenvalue weighted by Gasteiger charge is -2.36. The van der Waals surface area contributed by atoms with Crippen molar-refractivity contribution in [1.29, 1.82) is 0 Å². The van der Waals surface area contributed by atoms with Crippen molar-refractivity contribution in [2.45, 2.75) is 18.9 Å². The molecule has 1 amide bonds. The number of nitrogens with one attached hydrogen (secondary N) is 1. The largest absolute Gasteiger partial charge is 0.333 e. The topological polar surface area (TPSA) is 32.3 Å². The first-order chi connectivity index (χ1) is 7.86. The Labute approximate surface area is 99.5 Å². The molecule has 2 saturated heterocycles. The molecule has 16 heavy (non-hydrogen) atoms. The third kappa shape index (κ3) is 1.66. The lowest BCUT2D eigenvalue weighted by Crippen LogP contribution is -2.48. The van der Waals surface area contributed by atoms with Crippen LogP contribution in [-0.4, -0.2) is 36.5 Å². The van der Waals surface area contributed by atoms with Crippen LogP contribution in [0.4, 0.5) is 0 Å². The number of hydrogen-bond donors (Lipinski definition) is 1. The highest BCUT2D eigenvalue weighted by Gasteiger charge is 2.37. The van der Waals surface area contributed by atoms with Crippen LogP contribution in [-0.2, 0) is 0 Å². The van der Waals surface area contributed by atoms with Crippen LogP contribution in [0, 0.1) is 5.92 Å². The SMILES string of the molecule is O=C(c1cccs1)N1CCCC2CNCC21. The fourth-order valence-electron chi connectivity index (χ4n) is 2.86. The predicted octanol–water partition coefficient (Wildman–Crippen LogP) is 1.57. The summed E-state index contributed by atoms with van der Waals surface area (Å²) in [5.41, 5.74) is 0. The first-order valence-electron chi connectivity index (χ1n) is 5.91. The molecule has 2 aliphatic rings. The van der Waals surface area contributed by atoms with Crippen molar-refractivity contribution < 1.29 is 4.79 Å². The molecule has 3 heterocycles. The summed E-state index contributed by atoms with van der Waals surface area (Å²) in [4.78, 5) is 15.3. The van der Waals surface area contributed by atoms with Crippen molar-refractivity contribution in [3.8, 4) is 0 Å². The Hall–Kier alpha value is -0.870. The lowest BCUT2D eigenvalue weighted by molar-refractivity contribution is 0.0580. The smallest absolute Gasteiger partial charge is 0.264 e. The van der Waals surface area contributed by atoms with Crippen LogP contribution >= 0.6 is 11.3 Å². The normalized spacial score (nSPS) is 29.1. The second kappa shape index (κ2) is 4.18. The molecule has 3 rings (SSSR count). The van der Waals surface area contributed by atoms with E-state index in [1.807, 2.05) is 17.5 Å². The summed E-state index contributed by atoms with van der Waals surface area (Å²) >= 11 is 1.55. The standard InChI is InChI=1S/C12H16N2OS/c15-12(11-4-2-6-16-11)14-5-1-3-9-7-13-8-10(9)14/h2,4,6,9-10,13H,1,3,5,7-8H2. The number of likely N-dealkylation sites (tertiary alicyclic amines) is 1. The van der Waals surface area contributed by atoms with Gasteiger partial charge in [-0.05, 0) is 30.2 Å². The predicted molar refractivity (Wildman–Crippen MR) is 64.7 cm³/mol. The minimum atomic E-state index is 0.230. The number of carbonyl (C=O) groups is 1. The molecule has 0 spiro atoms. The summed E-state index contributed by atoms with van der Waals surface area (Å²) in [6.45, 7) is 2.99. The molecule has 3 nitrogen and oxygen atoms in total. The van der Waals surface area contributed by atoms with Gasteiger partial charge in [-0.15, -0.1) is 11.3 Å². The molecule has 0 bridgehead atoms. The van der Waals surface area contributed by atoms with Crippen LogP contribution in [0.1, 0.15) is 22.5 Å². The molecule has 0 saturated carbocycles. The molecule has 0 aliphatic carbocycles. The van der Waals surface area contributed by atoms with Gasteiger partial charge in [0.05, 0.1) is 4.88 Å². The van der Waals surface area contributed by atoms with Crippen molar-refractivity contribution in [2.75, 3.05) is 19.6 Å². The molecule has 4 heteroatoms. The van der Waals surface area contributed by atoms with E-state index >= 15 is 0 Å². The van der Waals surface area contributed by atoms with Crippen molar-refractivity contribution in [3.05, 3.63) is 22.4 Å². The highest BCUT2D eigenvalue weighted by Crippen LogP contribution is 2.28. The van der Waals surface area contributed by atoms with Gasteiger partial charge in [-0.1, -0.05) is 6.07 Å². The van der Waals surface area contributed by atoms with Gasteiger partial charge in [0.1, 0.15) is 0 Å². The number of rotatable bonds is 1. The maximum Gasteiger partial charge on any atom is 0.264 e. The minimum absolute atomic E-state index is 0.230. The number of piperidine rings is 1. The fourth-order valence-corrected chi connectivity index (χ4v) is 3.54. The van der Waals surface area contributed by atoms with E-state index in [0.717, 1.165) is 30.9 Å². The van der Waals surface area contributed by atoms with Crippen molar-refractivity contribution >= 4 is 17.2 Å². The minimum Gasteiger partial charge on any atom is -0.333 e. The maximum atomic E-state index is 12.3. The van der Waals surface area contributed by atoms with Crippen molar-refractivity contribution in [1.82, 2.24) is 10.2 Å². The van der Waals surface area contributed by atoms with E-state index in [1.165, 1.54) is 6.42 Å². The van der Waals surface area contributed by atoms with E-state index in [9.17, 15) is 4.79 Å². The highest BCUT2D eigenvalue weighted by atomic mass is 32.1. The monoisotopic (exact) mass is 236 g/mol. The number of fused-ring (bicyclic) bond motifs is 1. The molecule has 1 aromatic rings. The third-order valence-corrected chi connectivity index (χ3v) is 4.53. The van der Waals surface area contributed by atoms with Crippen LogP contribution in [0.2, 0.25) is 0 Å². The summed E-state index contributed by atoms with van der Waals surface area (Å²) in [5, 5.41) is 5.38. The van der Waals surface area contributed by atoms with Crippen LogP contribution in [0.15, 0.2) is 17.5 Å². The molecule has 86 valence electrons. The summed E-state index contributed by atoms with van der Waals surface area (Å²) in [7, 11) is 0. The molecule has 2 atom stereocenters. The zero-order valence-corrected chi connectivity index (χ0v) is 10.0. The van der Waals surface area contributed by atoms with E-state index in [4.69, 9.17) is 0 Å². The Morgan fingerprint density at radius 2 is 2.44 bits per heavy atom. The summed E-state index contributed by atoms with van der Waals surface area (Å²) < 4.78 is 0. The molecule has 0 radical (unpaired) electrons. The van der Waals surface area contributed by atoms with E-state index in [-0.39, 0.29) is 5.91 Å². The van der Waals surface area contributed by atoms with Gasteiger partial charge >= 0.3 is 0 Å². The van der Waals surface area contributed by atoms with Gasteiger partial charge in [-0.2, -0.15) is 0 Å². The zero-order chi connectivity index (χ0) is 11.0. The van der Waals surface area contributed by atoms with E-state index in [0.29, 0.717) is 12.0 Å². The van der Waals surface area contributed by atoms with Gasteiger partial charge in [0, 0.05) is 25.7 Å². The lowest BCUT2D eigenvalue weighted by atomic mass is 9.92. The van der Waals surface area contributed by atoms with Crippen molar-refractivity contribution in [2.24, 2.45) is 5.92 Å². The van der Waals surface area contributed by atoms with Crippen LogP contribution in [0.3, 0.4) is 0 Å². The summed E-state index contributed by atoms with van der Waals surface area (Å²) in [6.07, 6.45) is 2.42. The average molecular weight is 236 g/mol. The Morgan fingerprint density at radius 1 is 1.50 bits per heavy atom. The Kier molecular flexibility index (Phi) is 2.69. The molecule has 2 fully saturated rings. The first kappa shape index (κ1) is 10.3. The maximum absolute atomic E-state index is 12.3. The second-order valence-corrected chi connectivity index (χ2v) is 5.55. The Bertz CT molecular complexity index is 376. The first-order valence-corrected chi connectivity index (χ1v) is 6.79.